The van der Waals surface area contributed by atoms with E-state index in [9.17, 15) is 9.59 Å². The molecule has 6 heteroatoms. The number of rotatable bonds is 6. The van der Waals surface area contributed by atoms with Gasteiger partial charge in [-0.2, -0.15) is 0 Å². The Bertz CT molecular complexity index is 1180. The molecule has 1 aliphatic heterocycles. The smallest absolute Gasteiger partial charge is 0.253 e. The zero-order chi connectivity index (χ0) is 24.9. The van der Waals surface area contributed by atoms with Crippen molar-refractivity contribution in [2.45, 2.75) is 40.3 Å². The number of hydrogen-bond acceptors (Lipinski definition) is 4. The molecule has 2 amide bonds. The van der Waals surface area contributed by atoms with Gasteiger partial charge in [0.05, 0.1) is 0 Å². The van der Waals surface area contributed by atoms with E-state index in [-0.39, 0.29) is 11.8 Å². The summed E-state index contributed by atoms with van der Waals surface area (Å²) in [4.78, 5) is 35.2. The van der Waals surface area contributed by atoms with E-state index in [2.05, 4.69) is 29.0 Å². The van der Waals surface area contributed by atoms with Gasteiger partial charge in [-0.05, 0) is 68.7 Å². The first-order chi connectivity index (χ1) is 16.8. The Kier molecular flexibility index (Phi) is 7.61. The van der Waals surface area contributed by atoms with E-state index in [1.54, 1.807) is 12.3 Å². The topological polar surface area (TPSA) is 65.5 Å². The number of amides is 2. The van der Waals surface area contributed by atoms with Crippen LogP contribution in [0.15, 0.2) is 60.8 Å². The first-order valence-electron chi connectivity index (χ1n) is 12.3. The molecule has 0 bridgehead atoms. The maximum absolute atomic E-state index is 13.5. The summed E-state index contributed by atoms with van der Waals surface area (Å²) in [7, 11) is 0. The minimum absolute atomic E-state index is 0.0286. The lowest BCUT2D eigenvalue weighted by Gasteiger charge is -2.37. The van der Waals surface area contributed by atoms with E-state index in [0.717, 1.165) is 41.0 Å². The Labute approximate surface area is 208 Å². The Morgan fingerprint density at radius 3 is 2.20 bits per heavy atom. The highest BCUT2D eigenvalue weighted by atomic mass is 16.2. The highest BCUT2D eigenvalue weighted by Gasteiger charge is 2.24. The Hall–Kier alpha value is -3.51. The van der Waals surface area contributed by atoms with Crippen LogP contribution < -0.4 is 5.32 Å². The van der Waals surface area contributed by atoms with Crippen LogP contribution in [0.1, 0.15) is 51.4 Å². The third kappa shape index (κ3) is 6.14. The molecule has 1 saturated heterocycles. The number of benzene rings is 2. The minimum Gasteiger partial charge on any atom is -0.348 e. The predicted octanol–water partition coefficient (Wildman–Crippen LogP) is 4.46. The SMILES string of the molecule is Cc1ccc(-c2cc(C(=O)NCc3ccc(C)nc3)cc(C(=O)N3CCN(C(C)C)CC3)c2)cc1. The summed E-state index contributed by atoms with van der Waals surface area (Å²) in [5.41, 5.74) is 5.89. The number of carbonyl (C=O) groups is 2. The molecule has 6 nitrogen and oxygen atoms in total. The number of nitrogens with zero attached hydrogens (tertiary/aromatic N) is 3. The van der Waals surface area contributed by atoms with Gasteiger partial charge >= 0.3 is 0 Å². The van der Waals surface area contributed by atoms with Gasteiger partial charge in [0.25, 0.3) is 11.8 Å². The molecule has 0 unspecified atom stereocenters. The molecule has 1 N–H and O–H groups in total. The van der Waals surface area contributed by atoms with Crippen LogP contribution in [0.5, 0.6) is 0 Å². The second kappa shape index (κ2) is 10.8. The molecule has 0 radical (unpaired) electrons. The van der Waals surface area contributed by atoms with Crippen LogP contribution >= 0.6 is 0 Å². The first-order valence-corrected chi connectivity index (χ1v) is 12.3. The molecule has 3 aromatic rings. The second-order valence-electron chi connectivity index (χ2n) is 9.58. The summed E-state index contributed by atoms with van der Waals surface area (Å²) in [6, 6.07) is 18.0. The van der Waals surface area contributed by atoms with Crippen molar-refractivity contribution in [1.29, 1.82) is 0 Å². The van der Waals surface area contributed by atoms with Crippen LogP contribution in [0.4, 0.5) is 0 Å². The monoisotopic (exact) mass is 470 g/mol. The number of hydrogen-bond donors (Lipinski definition) is 1. The highest BCUT2D eigenvalue weighted by molar-refractivity contribution is 6.01. The lowest BCUT2D eigenvalue weighted by Crippen LogP contribution is -2.50. The number of pyridine rings is 1. The molecule has 2 aromatic carbocycles. The van der Waals surface area contributed by atoms with Crippen LogP contribution in [0.2, 0.25) is 0 Å². The third-order valence-corrected chi connectivity index (χ3v) is 6.58. The maximum Gasteiger partial charge on any atom is 0.253 e. The Morgan fingerprint density at radius 2 is 1.57 bits per heavy atom. The maximum atomic E-state index is 13.5. The third-order valence-electron chi connectivity index (χ3n) is 6.58. The molecule has 0 aliphatic carbocycles. The lowest BCUT2D eigenvalue weighted by atomic mass is 9.98. The van der Waals surface area contributed by atoms with Gasteiger partial charge in [0.2, 0.25) is 0 Å². The van der Waals surface area contributed by atoms with Crippen molar-refractivity contribution in [3.63, 3.8) is 0 Å². The van der Waals surface area contributed by atoms with Gasteiger partial charge < -0.3 is 10.2 Å². The van der Waals surface area contributed by atoms with Crippen LogP contribution in [0, 0.1) is 13.8 Å². The van der Waals surface area contributed by atoms with E-state index in [4.69, 9.17) is 0 Å². The number of carbonyl (C=O) groups excluding carboxylic acids is 2. The fourth-order valence-corrected chi connectivity index (χ4v) is 4.31. The van der Waals surface area contributed by atoms with Crippen LogP contribution in [0.3, 0.4) is 0 Å². The Balaban J connectivity index is 1.59. The van der Waals surface area contributed by atoms with Gasteiger partial charge in [0.15, 0.2) is 0 Å². The van der Waals surface area contributed by atoms with Crippen LogP contribution in [0.25, 0.3) is 11.1 Å². The summed E-state index contributed by atoms with van der Waals surface area (Å²) in [6.45, 7) is 11.8. The van der Waals surface area contributed by atoms with Crippen molar-refractivity contribution in [3.8, 4) is 11.1 Å². The zero-order valence-electron chi connectivity index (χ0n) is 21.0. The standard InChI is InChI=1S/C29H34N4O2/c1-20(2)32-11-13-33(14-12-32)29(35)27-16-25(24-9-5-21(3)6-10-24)15-26(17-27)28(34)31-19-23-8-7-22(4)30-18-23/h5-10,15-18,20H,11-14,19H2,1-4H3,(H,31,34). The van der Waals surface area contributed by atoms with Gasteiger partial charge in [0.1, 0.15) is 0 Å². The van der Waals surface area contributed by atoms with Crippen molar-refractivity contribution in [2.75, 3.05) is 26.2 Å². The van der Waals surface area contributed by atoms with Crippen molar-refractivity contribution < 1.29 is 9.59 Å². The highest BCUT2D eigenvalue weighted by Crippen LogP contribution is 2.24. The molecule has 0 saturated carbocycles. The Morgan fingerprint density at radius 1 is 0.886 bits per heavy atom. The molecule has 1 aromatic heterocycles. The average molecular weight is 471 g/mol. The molecule has 182 valence electrons. The normalized spacial score (nSPS) is 14.3. The van der Waals surface area contributed by atoms with E-state index in [0.29, 0.717) is 36.8 Å². The lowest BCUT2D eigenvalue weighted by molar-refractivity contribution is 0.0595. The quantitative estimate of drug-likeness (QED) is 0.578. The summed E-state index contributed by atoms with van der Waals surface area (Å²) >= 11 is 0. The molecule has 2 heterocycles. The summed E-state index contributed by atoms with van der Waals surface area (Å²) < 4.78 is 0. The van der Waals surface area contributed by atoms with Gasteiger partial charge in [-0.15, -0.1) is 0 Å². The molecule has 4 rings (SSSR count). The van der Waals surface area contributed by atoms with Gasteiger partial charge in [0, 0.05) is 61.8 Å². The molecule has 1 fully saturated rings. The van der Waals surface area contributed by atoms with Gasteiger partial charge in [-0.3, -0.25) is 19.5 Å². The summed E-state index contributed by atoms with van der Waals surface area (Å²) in [5.74, 6) is -0.239. The summed E-state index contributed by atoms with van der Waals surface area (Å²) in [6.07, 6.45) is 1.77. The molecular weight excluding hydrogens is 436 g/mol. The predicted molar refractivity (Wildman–Crippen MR) is 139 cm³/mol. The zero-order valence-corrected chi connectivity index (χ0v) is 21.0. The van der Waals surface area contributed by atoms with E-state index in [1.165, 1.54) is 0 Å². The van der Waals surface area contributed by atoms with E-state index >= 15 is 0 Å². The largest absolute Gasteiger partial charge is 0.348 e. The average Bonchev–Trinajstić information content (AvgIpc) is 2.88. The van der Waals surface area contributed by atoms with E-state index < -0.39 is 0 Å². The number of piperazine rings is 1. The van der Waals surface area contributed by atoms with Crippen molar-refractivity contribution in [3.05, 3.63) is 88.7 Å². The fraction of sp³-hybridized carbons (Fsp3) is 0.345. The van der Waals surface area contributed by atoms with Crippen molar-refractivity contribution in [1.82, 2.24) is 20.1 Å². The molecule has 0 spiro atoms. The number of aryl methyl sites for hydroxylation is 2. The first kappa shape index (κ1) is 24.6. The molecule has 1 aliphatic rings. The van der Waals surface area contributed by atoms with Crippen LogP contribution in [-0.4, -0.2) is 58.8 Å². The number of aromatic nitrogens is 1. The van der Waals surface area contributed by atoms with Crippen molar-refractivity contribution >= 4 is 11.8 Å². The molecule has 35 heavy (non-hydrogen) atoms. The van der Waals surface area contributed by atoms with E-state index in [1.807, 2.05) is 67.3 Å². The fourth-order valence-electron chi connectivity index (χ4n) is 4.31. The van der Waals surface area contributed by atoms with Crippen molar-refractivity contribution in [2.24, 2.45) is 0 Å². The summed E-state index contributed by atoms with van der Waals surface area (Å²) in [5, 5.41) is 2.98. The molecular formula is C29H34N4O2. The van der Waals surface area contributed by atoms with Crippen LogP contribution in [-0.2, 0) is 6.54 Å². The van der Waals surface area contributed by atoms with Gasteiger partial charge in [-0.25, -0.2) is 0 Å². The number of nitrogens with one attached hydrogen (secondary N) is 1. The van der Waals surface area contributed by atoms with Gasteiger partial charge in [-0.1, -0.05) is 35.9 Å². The second-order valence-corrected chi connectivity index (χ2v) is 9.58. The minimum atomic E-state index is -0.210. The molecule has 0 atom stereocenters.